The van der Waals surface area contributed by atoms with E-state index in [-0.39, 0.29) is 37.5 Å². The first-order chi connectivity index (χ1) is 17.2. The van der Waals surface area contributed by atoms with Crippen LogP contribution in [-0.2, 0) is 23.9 Å². The summed E-state index contributed by atoms with van der Waals surface area (Å²) in [6.07, 6.45) is 2.17. The quantitative estimate of drug-likeness (QED) is 0.388. The number of nitrogens with zero attached hydrogens (tertiary/aromatic N) is 2. The van der Waals surface area contributed by atoms with Gasteiger partial charge in [-0.25, -0.2) is 0 Å². The van der Waals surface area contributed by atoms with Crippen molar-refractivity contribution in [3.05, 3.63) is 36.9 Å². The Hall–Kier alpha value is -2.91. The van der Waals surface area contributed by atoms with Gasteiger partial charge in [0.05, 0.1) is 44.3 Å². The van der Waals surface area contributed by atoms with E-state index in [0.29, 0.717) is 24.3 Å². The molecule has 0 aliphatic carbocycles. The highest BCUT2D eigenvalue weighted by Gasteiger charge is 2.75. The molecule has 0 aromatic heterocycles. The zero-order chi connectivity index (χ0) is 26.2. The van der Waals surface area contributed by atoms with Crippen molar-refractivity contribution in [3.8, 4) is 5.75 Å². The third kappa shape index (κ3) is 3.98. The molecule has 3 saturated heterocycles. The molecule has 6 atom stereocenters. The van der Waals surface area contributed by atoms with Crippen molar-refractivity contribution in [2.75, 3.05) is 31.8 Å². The average molecular weight is 501 g/mol. The van der Waals surface area contributed by atoms with E-state index in [4.69, 9.17) is 14.2 Å². The van der Waals surface area contributed by atoms with Gasteiger partial charge in [-0.1, -0.05) is 19.9 Å². The summed E-state index contributed by atoms with van der Waals surface area (Å²) in [7, 11) is 1.57. The normalized spacial score (nSPS) is 29.3. The number of hydrogen-bond donors (Lipinski definition) is 1. The zero-order valence-electron chi connectivity index (χ0n) is 21.4. The molecule has 1 aromatic rings. The summed E-state index contributed by atoms with van der Waals surface area (Å²) < 4.78 is 17.0. The fraction of sp³-hybridized carbons (Fsp3) is 0.593. The summed E-state index contributed by atoms with van der Waals surface area (Å²) >= 11 is 0. The van der Waals surface area contributed by atoms with Gasteiger partial charge in [0.25, 0.3) is 5.91 Å². The number of methoxy groups -OCH3 is 1. The van der Waals surface area contributed by atoms with Crippen LogP contribution >= 0.6 is 0 Å². The fourth-order valence-corrected chi connectivity index (χ4v) is 6.22. The number of fused-ring (bicyclic) bond motifs is 1. The minimum absolute atomic E-state index is 0.128. The molecule has 2 amide bonds. The molecule has 2 bridgehead atoms. The highest BCUT2D eigenvalue weighted by Crippen LogP contribution is 2.59. The van der Waals surface area contributed by atoms with E-state index >= 15 is 0 Å². The van der Waals surface area contributed by atoms with Crippen LogP contribution in [0.2, 0.25) is 0 Å². The van der Waals surface area contributed by atoms with E-state index in [2.05, 4.69) is 6.58 Å². The predicted octanol–water partition coefficient (Wildman–Crippen LogP) is 2.17. The van der Waals surface area contributed by atoms with Crippen molar-refractivity contribution in [1.29, 1.82) is 0 Å². The van der Waals surface area contributed by atoms with E-state index in [1.807, 2.05) is 13.8 Å². The average Bonchev–Trinajstić information content (AvgIpc) is 3.50. The maximum atomic E-state index is 14.4. The van der Waals surface area contributed by atoms with E-state index < -0.39 is 41.6 Å². The van der Waals surface area contributed by atoms with Crippen LogP contribution in [0.4, 0.5) is 5.69 Å². The molecule has 0 unspecified atom stereocenters. The van der Waals surface area contributed by atoms with Gasteiger partial charge in [0, 0.05) is 12.2 Å². The molecule has 36 heavy (non-hydrogen) atoms. The molecule has 9 nitrogen and oxygen atoms in total. The van der Waals surface area contributed by atoms with Crippen LogP contribution in [0.3, 0.4) is 0 Å². The van der Waals surface area contributed by atoms with Crippen LogP contribution in [0, 0.1) is 17.8 Å². The number of aliphatic hydroxyl groups is 1. The predicted molar refractivity (Wildman–Crippen MR) is 132 cm³/mol. The maximum absolute atomic E-state index is 14.4. The van der Waals surface area contributed by atoms with Crippen molar-refractivity contribution >= 4 is 23.5 Å². The van der Waals surface area contributed by atoms with Crippen molar-refractivity contribution in [2.24, 2.45) is 17.8 Å². The van der Waals surface area contributed by atoms with Crippen molar-refractivity contribution in [2.45, 2.75) is 57.4 Å². The number of esters is 1. The van der Waals surface area contributed by atoms with Gasteiger partial charge in [0.15, 0.2) is 0 Å². The Bertz CT molecular complexity index is 1010. The molecular weight excluding hydrogens is 464 g/mol. The van der Waals surface area contributed by atoms with Gasteiger partial charge >= 0.3 is 5.97 Å². The summed E-state index contributed by atoms with van der Waals surface area (Å²) in [5.74, 6) is -2.23. The van der Waals surface area contributed by atoms with Crippen LogP contribution < -0.4 is 9.64 Å². The molecule has 1 spiro atoms. The number of benzene rings is 1. The van der Waals surface area contributed by atoms with Crippen molar-refractivity contribution in [1.82, 2.24) is 4.90 Å². The highest BCUT2D eigenvalue weighted by molar-refractivity contribution is 6.04. The first kappa shape index (κ1) is 26.2. The number of anilines is 1. The van der Waals surface area contributed by atoms with E-state index in [9.17, 15) is 19.5 Å². The van der Waals surface area contributed by atoms with Crippen LogP contribution in [0.5, 0.6) is 5.75 Å². The summed E-state index contributed by atoms with van der Waals surface area (Å²) in [4.78, 5) is 44.4. The summed E-state index contributed by atoms with van der Waals surface area (Å²) in [5.41, 5.74) is -0.544. The standard InChI is InChI=1S/C27H36N2O7/c1-6-14-28(17-8-10-18(34-5)11-9-17)25(32)23-27-13-12-20(36-27)21(26(33)35-7-2)22(27)24(31)29(23)19(15-30)16(3)4/h6,8-11,16,19-23,30H,1,7,12-15H2,2-5H3/t19-,20+,21-,22-,23+,27-/m0/s1. The maximum Gasteiger partial charge on any atom is 0.312 e. The van der Waals surface area contributed by atoms with Gasteiger partial charge in [0.2, 0.25) is 5.91 Å². The molecule has 0 saturated carbocycles. The van der Waals surface area contributed by atoms with E-state index in [0.717, 1.165) is 0 Å². The number of ether oxygens (including phenoxy) is 3. The molecule has 1 aromatic carbocycles. The Morgan fingerprint density at radius 1 is 1.33 bits per heavy atom. The second kappa shape index (κ2) is 10.2. The Morgan fingerprint density at radius 2 is 2.03 bits per heavy atom. The molecule has 3 heterocycles. The lowest BCUT2D eigenvalue weighted by molar-refractivity contribution is -0.155. The zero-order valence-corrected chi connectivity index (χ0v) is 21.4. The summed E-state index contributed by atoms with van der Waals surface area (Å²) in [6.45, 7) is 9.42. The number of aliphatic hydroxyl groups excluding tert-OH is 1. The van der Waals surface area contributed by atoms with Crippen LogP contribution in [0.25, 0.3) is 0 Å². The van der Waals surface area contributed by atoms with E-state index in [1.165, 1.54) is 4.90 Å². The third-order valence-corrected chi connectivity index (χ3v) is 7.81. The van der Waals surface area contributed by atoms with Crippen molar-refractivity contribution in [3.63, 3.8) is 0 Å². The molecule has 3 aliphatic rings. The van der Waals surface area contributed by atoms with Gasteiger partial charge in [0.1, 0.15) is 17.4 Å². The molecular formula is C27H36N2O7. The van der Waals surface area contributed by atoms with Gasteiger partial charge < -0.3 is 29.1 Å². The molecule has 4 rings (SSSR count). The molecule has 1 N–H and O–H groups in total. The fourth-order valence-electron chi connectivity index (χ4n) is 6.22. The minimum atomic E-state index is -1.16. The first-order valence-electron chi connectivity index (χ1n) is 12.6. The number of likely N-dealkylation sites (tertiary alicyclic amines) is 1. The van der Waals surface area contributed by atoms with Gasteiger partial charge in [-0.3, -0.25) is 14.4 Å². The highest BCUT2D eigenvalue weighted by atomic mass is 16.6. The largest absolute Gasteiger partial charge is 0.497 e. The number of amides is 2. The Labute approximate surface area is 212 Å². The second-order valence-electron chi connectivity index (χ2n) is 9.98. The van der Waals surface area contributed by atoms with E-state index in [1.54, 1.807) is 49.3 Å². The van der Waals surface area contributed by atoms with Crippen LogP contribution in [0.15, 0.2) is 36.9 Å². The lowest BCUT2D eigenvalue weighted by Gasteiger charge is -2.40. The van der Waals surface area contributed by atoms with Crippen LogP contribution in [-0.4, -0.2) is 78.4 Å². The lowest BCUT2D eigenvalue weighted by Crippen LogP contribution is -2.59. The molecule has 9 heteroatoms. The number of carbonyl (C=O) groups is 3. The molecule has 3 aliphatic heterocycles. The number of rotatable bonds is 10. The monoisotopic (exact) mass is 500 g/mol. The minimum Gasteiger partial charge on any atom is -0.497 e. The first-order valence-corrected chi connectivity index (χ1v) is 12.6. The van der Waals surface area contributed by atoms with Gasteiger partial charge in [-0.05, 0) is 49.9 Å². The second-order valence-corrected chi connectivity index (χ2v) is 9.98. The number of hydrogen-bond acceptors (Lipinski definition) is 7. The lowest BCUT2D eigenvalue weighted by atomic mass is 9.70. The molecule has 3 fully saturated rings. The Kier molecular flexibility index (Phi) is 7.43. The van der Waals surface area contributed by atoms with Crippen molar-refractivity contribution < 1.29 is 33.7 Å². The topological polar surface area (TPSA) is 106 Å². The number of carbonyl (C=O) groups excluding carboxylic acids is 3. The van der Waals surface area contributed by atoms with Gasteiger partial charge in [-0.15, -0.1) is 6.58 Å². The van der Waals surface area contributed by atoms with Crippen LogP contribution in [0.1, 0.15) is 33.6 Å². The van der Waals surface area contributed by atoms with Gasteiger partial charge in [-0.2, -0.15) is 0 Å². The summed E-state index contributed by atoms with van der Waals surface area (Å²) in [6, 6.07) is 5.46. The smallest absolute Gasteiger partial charge is 0.312 e. The third-order valence-electron chi connectivity index (χ3n) is 7.81. The Morgan fingerprint density at radius 3 is 2.58 bits per heavy atom. The Balaban J connectivity index is 1.81. The SMILES string of the molecule is C=CCN(C(=O)[C@H]1N([C@@H](CO)C(C)C)C(=O)[C@@H]2[C@@H](C(=O)OCC)[C@H]3CC[C@]21O3)c1ccc(OC)cc1. The molecule has 0 radical (unpaired) electrons. The summed E-state index contributed by atoms with van der Waals surface area (Å²) in [5, 5.41) is 10.3. The molecule has 196 valence electrons.